The molecule has 0 heterocycles. The SMILES string of the molecule is COc1ccc(C(=O)NC2CCCCC2CN)cc1[N+](=O)[O-]. The number of benzene rings is 1. The summed E-state index contributed by atoms with van der Waals surface area (Å²) in [5.74, 6) is 0.0982. The number of nitrogens with zero attached hydrogens (tertiary/aromatic N) is 1. The van der Waals surface area contributed by atoms with Crippen molar-refractivity contribution in [3.05, 3.63) is 33.9 Å². The quantitative estimate of drug-likeness (QED) is 0.637. The van der Waals surface area contributed by atoms with Gasteiger partial charge in [-0.2, -0.15) is 0 Å². The fourth-order valence-corrected chi connectivity index (χ4v) is 2.91. The molecule has 1 aromatic rings. The Morgan fingerprint density at radius 2 is 2.18 bits per heavy atom. The predicted molar refractivity (Wildman–Crippen MR) is 81.9 cm³/mol. The minimum absolute atomic E-state index is 0.0346. The lowest BCUT2D eigenvalue weighted by atomic mass is 9.84. The highest BCUT2D eigenvalue weighted by Gasteiger charge is 2.26. The van der Waals surface area contributed by atoms with Crippen molar-refractivity contribution in [2.24, 2.45) is 11.7 Å². The van der Waals surface area contributed by atoms with Crippen LogP contribution in [0.3, 0.4) is 0 Å². The molecular weight excluding hydrogens is 286 g/mol. The van der Waals surface area contributed by atoms with Gasteiger partial charge in [-0.15, -0.1) is 0 Å². The Morgan fingerprint density at radius 3 is 2.82 bits per heavy atom. The molecule has 0 saturated heterocycles. The van der Waals surface area contributed by atoms with E-state index in [0.29, 0.717) is 6.54 Å². The van der Waals surface area contributed by atoms with Crippen LogP contribution in [-0.4, -0.2) is 30.5 Å². The lowest BCUT2D eigenvalue weighted by Crippen LogP contribution is -2.44. The van der Waals surface area contributed by atoms with Gasteiger partial charge in [-0.1, -0.05) is 12.8 Å². The van der Waals surface area contributed by atoms with E-state index < -0.39 is 4.92 Å². The standard InChI is InChI=1S/C15H21N3O4/c1-22-14-7-6-10(8-13(14)18(20)21)15(19)17-12-5-3-2-4-11(12)9-16/h6-8,11-12H,2-5,9,16H2,1H3,(H,17,19). The van der Waals surface area contributed by atoms with Crippen molar-refractivity contribution in [1.29, 1.82) is 0 Å². The molecule has 0 radical (unpaired) electrons. The molecule has 22 heavy (non-hydrogen) atoms. The molecule has 0 aromatic heterocycles. The topological polar surface area (TPSA) is 107 Å². The van der Waals surface area contributed by atoms with Crippen LogP contribution in [0.1, 0.15) is 36.0 Å². The van der Waals surface area contributed by atoms with E-state index in [2.05, 4.69) is 5.32 Å². The molecule has 2 rings (SSSR count). The molecule has 1 amide bonds. The van der Waals surface area contributed by atoms with Gasteiger partial charge in [0.2, 0.25) is 0 Å². The van der Waals surface area contributed by atoms with Crippen molar-refractivity contribution in [3.63, 3.8) is 0 Å². The zero-order valence-corrected chi connectivity index (χ0v) is 12.6. The number of nitro benzene ring substituents is 1. The number of nitrogens with two attached hydrogens (primary N) is 1. The van der Waals surface area contributed by atoms with Gasteiger partial charge in [0.15, 0.2) is 5.75 Å². The van der Waals surface area contributed by atoms with Crippen molar-refractivity contribution < 1.29 is 14.5 Å². The van der Waals surface area contributed by atoms with Crippen LogP contribution in [0.4, 0.5) is 5.69 Å². The maximum atomic E-state index is 12.3. The van der Waals surface area contributed by atoms with Crippen molar-refractivity contribution in [3.8, 4) is 5.75 Å². The van der Waals surface area contributed by atoms with Gasteiger partial charge in [-0.25, -0.2) is 0 Å². The van der Waals surface area contributed by atoms with E-state index in [-0.39, 0.29) is 34.9 Å². The number of rotatable bonds is 5. The Morgan fingerprint density at radius 1 is 1.45 bits per heavy atom. The van der Waals surface area contributed by atoms with Crippen LogP contribution in [0.25, 0.3) is 0 Å². The van der Waals surface area contributed by atoms with Crippen LogP contribution in [-0.2, 0) is 0 Å². The first kappa shape index (κ1) is 16.2. The highest BCUT2D eigenvalue weighted by Crippen LogP contribution is 2.28. The molecule has 1 aromatic carbocycles. The number of hydrogen-bond donors (Lipinski definition) is 2. The van der Waals surface area contributed by atoms with Crippen molar-refractivity contribution in [1.82, 2.24) is 5.32 Å². The molecule has 120 valence electrons. The zero-order valence-electron chi connectivity index (χ0n) is 12.6. The zero-order chi connectivity index (χ0) is 16.1. The van der Waals surface area contributed by atoms with Gasteiger partial charge in [-0.3, -0.25) is 14.9 Å². The first-order valence-corrected chi connectivity index (χ1v) is 7.40. The summed E-state index contributed by atoms with van der Waals surface area (Å²) in [7, 11) is 1.36. The Bertz CT molecular complexity index is 562. The van der Waals surface area contributed by atoms with Crippen LogP contribution in [0.15, 0.2) is 18.2 Å². The van der Waals surface area contributed by atoms with Crippen LogP contribution in [0, 0.1) is 16.0 Å². The second-order valence-corrected chi connectivity index (χ2v) is 5.50. The van der Waals surface area contributed by atoms with Crippen molar-refractivity contribution >= 4 is 11.6 Å². The minimum atomic E-state index is -0.557. The van der Waals surface area contributed by atoms with Crippen LogP contribution >= 0.6 is 0 Å². The summed E-state index contributed by atoms with van der Waals surface area (Å²) in [6, 6.07) is 4.25. The Balaban J connectivity index is 2.15. The summed E-state index contributed by atoms with van der Waals surface area (Å²) in [6.45, 7) is 0.535. The maximum absolute atomic E-state index is 12.3. The summed E-state index contributed by atoms with van der Waals surface area (Å²) in [5, 5.41) is 14.0. The summed E-state index contributed by atoms with van der Waals surface area (Å²) in [4.78, 5) is 22.8. The van der Waals surface area contributed by atoms with Gasteiger partial charge in [0.25, 0.3) is 5.91 Å². The number of amides is 1. The molecule has 1 saturated carbocycles. The third-order valence-electron chi connectivity index (χ3n) is 4.17. The molecule has 3 N–H and O–H groups in total. The monoisotopic (exact) mass is 307 g/mol. The van der Waals surface area contributed by atoms with E-state index in [9.17, 15) is 14.9 Å². The predicted octanol–water partition coefficient (Wildman–Crippen LogP) is 1.85. The smallest absolute Gasteiger partial charge is 0.311 e. The minimum Gasteiger partial charge on any atom is -0.490 e. The second-order valence-electron chi connectivity index (χ2n) is 5.50. The molecule has 2 unspecified atom stereocenters. The van der Waals surface area contributed by atoms with E-state index in [4.69, 9.17) is 10.5 Å². The molecule has 7 nitrogen and oxygen atoms in total. The Hall–Kier alpha value is -2.15. The molecule has 7 heteroatoms. The number of nitrogens with one attached hydrogen (secondary N) is 1. The largest absolute Gasteiger partial charge is 0.490 e. The van der Waals surface area contributed by atoms with E-state index in [1.165, 1.54) is 25.3 Å². The second kappa shape index (κ2) is 7.22. The summed E-state index contributed by atoms with van der Waals surface area (Å²) < 4.78 is 4.94. The Labute approximate surface area is 129 Å². The average molecular weight is 307 g/mol. The third-order valence-corrected chi connectivity index (χ3v) is 4.17. The number of carbonyl (C=O) groups excluding carboxylic acids is 1. The van der Waals surface area contributed by atoms with E-state index >= 15 is 0 Å². The fourth-order valence-electron chi connectivity index (χ4n) is 2.91. The summed E-state index contributed by atoms with van der Waals surface area (Å²) in [5.41, 5.74) is 5.80. The number of ether oxygens (including phenoxy) is 1. The normalized spacial score (nSPS) is 21.2. The van der Waals surface area contributed by atoms with E-state index in [1.54, 1.807) is 0 Å². The Kier molecular flexibility index (Phi) is 5.32. The van der Waals surface area contributed by atoms with Crippen molar-refractivity contribution in [2.75, 3.05) is 13.7 Å². The lowest BCUT2D eigenvalue weighted by Gasteiger charge is -2.31. The van der Waals surface area contributed by atoms with Gasteiger partial charge in [0.05, 0.1) is 12.0 Å². The summed E-state index contributed by atoms with van der Waals surface area (Å²) >= 11 is 0. The van der Waals surface area contributed by atoms with Gasteiger partial charge < -0.3 is 15.8 Å². The van der Waals surface area contributed by atoms with Crippen LogP contribution in [0.2, 0.25) is 0 Å². The number of hydrogen-bond acceptors (Lipinski definition) is 5. The van der Waals surface area contributed by atoms with E-state index in [1.807, 2.05) is 0 Å². The molecule has 0 spiro atoms. The molecule has 1 fully saturated rings. The molecular formula is C15H21N3O4. The van der Waals surface area contributed by atoms with Crippen LogP contribution < -0.4 is 15.8 Å². The number of carbonyl (C=O) groups is 1. The van der Waals surface area contributed by atoms with Gasteiger partial charge >= 0.3 is 5.69 Å². The number of nitro groups is 1. The molecule has 1 aliphatic carbocycles. The van der Waals surface area contributed by atoms with Crippen LogP contribution in [0.5, 0.6) is 5.75 Å². The van der Waals surface area contributed by atoms with E-state index in [0.717, 1.165) is 25.7 Å². The summed E-state index contributed by atoms with van der Waals surface area (Å²) in [6.07, 6.45) is 4.09. The molecule has 0 bridgehead atoms. The average Bonchev–Trinajstić information content (AvgIpc) is 2.54. The third kappa shape index (κ3) is 3.54. The first-order chi connectivity index (χ1) is 10.6. The molecule has 0 aliphatic heterocycles. The van der Waals surface area contributed by atoms with Gasteiger partial charge in [-0.05, 0) is 37.4 Å². The maximum Gasteiger partial charge on any atom is 0.311 e. The molecule has 1 aliphatic rings. The van der Waals surface area contributed by atoms with Gasteiger partial charge in [0, 0.05) is 17.7 Å². The number of methoxy groups -OCH3 is 1. The first-order valence-electron chi connectivity index (χ1n) is 7.40. The lowest BCUT2D eigenvalue weighted by molar-refractivity contribution is -0.385. The molecule has 2 atom stereocenters. The highest BCUT2D eigenvalue weighted by molar-refractivity contribution is 5.95. The van der Waals surface area contributed by atoms with Crippen molar-refractivity contribution in [2.45, 2.75) is 31.7 Å². The van der Waals surface area contributed by atoms with Gasteiger partial charge in [0.1, 0.15) is 0 Å². The fraction of sp³-hybridized carbons (Fsp3) is 0.533. The highest BCUT2D eigenvalue weighted by atomic mass is 16.6.